The summed E-state index contributed by atoms with van der Waals surface area (Å²) in [5, 5.41) is 6.72. The molecule has 0 radical (unpaired) electrons. The molecule has 1 aromatic heterocycles. The molecule has 9 heteroatoms. The Hall–Kier alpha value is -2.87. The molecule has 1 heterocycles. The van der Waals surface area contributed by atoms with Crippen LogP contribution in [0.25, 0.3) is 0 Å². The van der Waals surface area contributed by atoms with Gasteiger partial charge in [-0.15, -0.1) is 11.3 Å². The van der Waals surface area contributed by atoms with Gasteiger partial charge in [-0.1, -0.05) is 47.5 Å². The summed E-state index contributed by atoms with van der Waals surface area (Å²) in [5.74, 6) is -1.06. The van der Waals surface area contributed by atoms with Gasteiger partial charge in [-0.2, -0.15) is 0 Å². The summed E-state index contributed by atoms with van der Waals surface area (Å²) in [6.07, 6.45) is 0. The van der Waals surface area contributed by atoms with Crippen LogP contribution in [-0.4, -0.2) is 36.2 Å². The second kappa shape index (κ2) is 9.96. The maximum Gasteiger partial charge on any atom is 0.264 e. The topological polar surface area (TPSA) is 78.5 Å². The molecule has 0 spiro atoms. The van der Waals surface area contributed by atoms with Crippen LogP contribution < -0.4 is 10.6 Å². The first-order valence-corrected chi connectivity index (χ1v) is 10.8. The summed E-state index contributed by atoms with van der Waals surface area (Å²) < 4.78 is 0. The van der Waals surface area contributed by atoms with Crippen LogP contribution >= 0.6 is 34.5 Å². The van der Waals surface area contributed by atoms with Crippen LogP contribution in [0.4, 0.5) is 10.7 Å². The molecule has 2 aromatic carbocycles. The Morgan fingerprint density at radius 3 is 2.29 bits per heavy atom. The molecular formula is C22H19Cl2N3O3S. The molecule has 2 N–H and O–H groups in total. The van der Waals surface area contributed by atoms with E-state index in [1.165, 1.54) is 11.9 Å². The Morgan fingerprint density at radius 2 is 1.61 bits per heavy atom. The minimum atomic E-state index is -0.370. The van der Waals surface area contributed by atoms with E-state index in [9.17, 15) is 14.4 Å². The summed E-state index contributed by atoms with van der Waals surface area (Å²) >= 11 is 13.3. The van der Waals surface area contributed by atoms with Crippen molar-refractivity contribution in [2.45, 2.75) is 6.92 Å². The SMILES string of the molecule is Cc1cc(NC(=O)c2ccccc2Cl)sc1C(=O)N(C)CC(=O)Nc1ccccc1Cl. The average molecular weight is 476 g/mol. The van der Waals surface area contributed by atoms with Crippen molar-refractivity contribution in [2.75, 3.05) is 24.2 Å². The van der Waals surface area contributed by atoms with Crippen molar-refractivity contribution in [1.29, 1.82) is 0 Å². The number of carbonyl (C=O) groups excluding carboxylic acids is 3. The van der Waals surface area contributed by atoms with E-state index >= 15 is 0 Å². The number of likely N-dealkylation sites (N-methyl/N-ethyl adjacent to an activating group) is 1. The highest BCUT2D eigenvalue weighted by molar-refractivity contribution is 7.18. The van der Waals surface area contributed by atoms with Gasteiger partial charge >= 0.3 is 0 Å². The zero-order valence-corrected chi connectivity index (χ0v) is 19.1. The standard InChI is InChI=1S/C22H19Cl2N3O3S/c1-13-11-19(26-21(29)14-7-3-4-8-15(14)23)31-20(13)22(30)27(2)12-18(28)25-17-10-6-5-9-16(17)24/h3-11H,12H2,1-2H3,(H,25,28)(H,26,29). The fourth-order valence-corrected chi connectivity index (χ4v) is 4.26. The Balaban J connectivity index is 1.65. The van der Waals surface area contributed by atoms with E-state index in [0.717, 1.165) is 11.3 Å². The second-order valence-electron chi connectivity index (χ2n) is 6.75. The van der Waals surface area contributed by atoms with Gasteiger partial charge in [0.2, 0.25) is 5.91 Å². The molecule has 0 fully saturated rings. The number of hydrogen-bond donors (Lipinski definition) is 2. The number of amides is 3. The number of carbonyl (C=O) groups is 3. The minimum absolute atomic E-state index is 0.150. The first kappa shape index (κ1) is 22.8. The van der Waals surface area contributed by atoms with Crippen LogP contribution in [0, 0.1) is 6.92 Å². The lowest BCUT2D eigenvalue weighted by atomic mass is 10.2. The molecule has 0 aliphatic carbocycles. The van der Waals surface area contributed by atoms with Gasteiger partial charge < -0.3 is 15.5 Å². The van der Waals surface area contributed by atoms with Crippen LogP contribution in [0.2, 0.25) is 10.0 Å². The summed E-state index contributed by atoms with van der Waals surface area (Å²) in [4.78, 5) is 39.3. The van der Waals surface area contributed by atoms with Crippen molar-refractivity contribution >= 4 is 62.9 Å². The highest BCUT2D eigenvalue weighted by Gasteiger charge is 2.21. The average Bonchev–Trinajstić information content (AvgIpc) is 3.09. The lowest BCUT2D eigenvalue weighted by Gasteiger charge is -2.16. The van der Waals surface area contributed by atoms with E-state index in [1.54, 1.807) is 61.5 Å². The van der Waals surface area contributed by atoms with E-state index in [4.69, 9.17) is 23.2 Å². The highest BCUT2D eigenvalue weighted by Crippen LogP contribution is 2.29. The summed E-state index contributed by atoms with van der Waals surface area (Å²) in [6.45, 7) is 1.62. The normalized spacial score (nSPS) is 10.5. The Kier molecular flexibility index (Phi) is 7.33. The van der Waals surface area contributed by atoms with Crippen molar-refractivity contribution in [3.05, 3.63) is 80.6 Å². The van der Waals surface area contributed by atoms with Gasteiger partial charge in [0.25, 0.3) is 11.8 Å². The van der Waals surface area contributed by atoms with E-state index in [-0.39, 0.29) is 24.3 Å². The van der Waals surface area contributed by atoms with E-state index < -0.39 is 0 Å². The molecule has 0 bridgehead atoms. The molecule has 0 unspecified atom stereocenters. The van der Waals surface area contributed by atoms with Crippen LogP contribution in [0.3, 0.4) is 0 Å². The number of nitrogens with one attached hydrogen (secondary N) is 2. The molecule has 0 aliphatic heterocycles. The molecule has 3 aromatic rings. The fourth-order valence-electron chi connectivity index (χ4n) is 2.79. The lowest BCUT2D eigenvalue weighted by Crippen LogP contribution is -2.34. The number of para-hydroxylation sites is 1. The fraction of sp³-hybridized carbons (Fsp3) is 0.136. The maximum atomic E-state index is 12.8. The largest absolute Gasteiger partial charge is 0.332 e. The first-order chi connectivity index (χ1) is 14.8. The summed E-state index contributed by atoms with van der Waals surface area (Å²) in [5.41, 5.74) is 1.52. The predicted octanol–water partition coefficient (Wildman–Crippen LogP) is 5.33. The van der Waals surface area contributed by atoms with Gasteiger partial charge in [0.05, 0.1) is 37.7 Å². The molecule has 0 atom stereocenters. The van der Waals surface area contributed by atoms with Gasteiger partial charge in [-0.3, -0.25) is 14.4 Å². The number of benzene rings is 2. The second-order valence-corrected chi connectivity index (χ2v) is 8.61. The predicted molar refractivity (Wildman–Crippen MR) is 126 cm³/mol. The van der Waals surface area contributed by atoms with Crippen molar-refractivity contribution in [1.82, 2.24) is 4.90 Å². The molecule has 3 rings (SSSR count). The third kappa shape index (κ3) is 5.64. The monoisotopic (exact) mass is 475 g/mol. The van der Waals surface area contributed by atoms with Crippen LogP contribution in [0.5, 0.6) is 0 Å². The Bertz CT molecular complexity index is 1150. The van der Waals surface area contributed by atoms with Gasteiger partial charge in [0.15, 0.2) is 0 Å². The van der Waals surface area contributed by atoms with Gasteiger partial charge in [-0.25, -0.2) is 0 Å². The maximum absolute atomic E-state index is 12.8. The number of anilines is 2. The molecular weight excluding hydrogens is 457 g/mol. The van der Waals surface area contributed by atoms with Gasteiger partial charge in [0.1, 0.15) is 0 Å². The number of thiophene rings is 1. The molecule has 3 amide bonds. The zero-order chi connectivity index (χ0) is 22.5. The quantitative estimate of drug-likeness (QED) is 0.505. The molecule has 6 nitrogen and oxygen atoms in total. The van der Waals surface area contributed by atoms with Crippen molar-refractivity contribution in [3.8, 4) is 0 Å². The highest BCUT2D eigenvalue weighted by atomic mass is 35.5. The Labute approximate surface area is 193 Å². The smallest absolute Gasteiger partial charge is 0.264 e. The van der Waals surface area contributed by atoms with E-state index in [2.05, 4.69) is 10.6 Å². The van der Waals surface area contributed by atoms with E-state index in [0.29, 0.717) is 36.7 Å². The molecule has 0 aliphatic rings. The number of nitrogens with zero attached hydrogens (tertiary/aromatic N) is 1. The van der Waals surface area contributed by atoms with Crippen molar-refractivity contribution in [3.63, 3.8) is 0 Å². The van der Waals surface area contributed by atoms with Gasteiger partial charge in [-0.05, 0) is 42.8 Å². The van der Waals surface area contributed by atoms with Gasteiger partial charge in [0, 0.05) is 7.05 Å². The summed E-state index contributed by atoms with van der Waals surface area (Å²) in [6, 6.07) is 15.3. The van der Waals surface area contributed by atoms with Crippen molar-refractivity contribution < 1.29 is 14.4 Å². The van der Waals surface area contributed by atoms with Crippen LogP contribution in [0.15, 0.2) is 54.6 Å². The molecule has 0 saturated heterocycles. The lowest BCUT2D eigenvalue weighted by molar-refractivity contribution is -0.116. The number of halogens is 2. The zero-order valence-electron chi connectivity index (χ0n) is 16.7. The third-order valence-corrected chi connectivity index (χ3v) is 6.14. The first-order valence-electron chi connectivity index (χ1n) is 9.22. The third-order valence-electron chi connectivity index (χ3n) is 4.34. The number of rotatable bonds is 6. The van der Waals surface area contributed by atoms with Crippen LogP contribution in [0.1, 0.15) is 25.6 Å². The number of aryl methyl sites for hydroxylation is 1. The molecule has 0 saturated carbocycles. The molecule has 160 valence electrons. The van der Waals surface area contributed by atoms with E-state index in [1.807, 2.05) is 0 Å². The minimum Gasteiger partial charge on any atom is -0.332 e. The van der Waals surface area contributed by atoms with Crippen molar-refractivity contribution in [2.24, 2.45) is 0 Å². The Morgan fingerprint density at radius 1 is 0.968 bits per heavy atom. The summed E-state index contributed by atoms with van der Waals surface area (Å²) in [7, 11) is 1.54. The number of hydrogen-bond acceptors (Lipinski definition) is 4. The van der Waals surface area contributed by atoms with Crippen LogP contribution in [-0.2, 0) is 4.79 Å². The molecule has 31 heavy (non-hydrogen) atoms.